The average Bonchev–Trinajstić information content (AvgIpc) is 3.02. The molecule has 0 spiro atoms. The van der Waals surface area contributed by atoms with Crippen molar-refractivity contribution >= 4 is 17.8 Å². The highest BCUT2D eigenvalue weighted by Gasteiger charge is 2.31. The van der Waals surface area contributed by atoms with Crippen LogP contribution in [-0.2, 0) is 4.79 Å². The van der Waals surface area contributed by atoms with Crippen molar-refractivity contribution in [3.63, 3.8) is 0 Å². The Bertz CT molecular complexity index is 1030. The molecule has 2 aromatic rings. The van der Waals surface area contributed by atoms with Gasteiger partial charge in [0, 0.05) is 11.6 Å². The molecule has 0 amide bonds. The Hall–Kier alpha value is -3.48. The van der Waals surface area contributed by atoms with E-state index in [1.165, 1.54) is 21.3 Å². The zero-order valence-corrected chi connectivity index (χ0v) is 17.8. The van der Waals surface area contributed by atoms with Crippen LogP contribution in [0.4, 0.5) is 0 Å². The molecule has 0 fully saturated rings. The lowest BCUT2D eigenvalue weighted by Gasteiger charge is -2.14. The molecular formula is C23H24O7. The SMILES string of the molecule is COc1ccc(/C=C2\Oc3cc(OC(=O)C(C)C)cc(C)c3C2=O)c(OC)c1OC. The van der Waals surface area contributed by atoms with E-state index in [1.54, 1.807) is 51.1 Å². The minimum Gasteiger partial charge on any atom is -0.493 e. The van der Waals surface area contributed by atoms with Crippen LogP contribution in [0.25, 0.3) is 6.08 Å². The number of ether oxygens (including phenoxy) is 5. The highest BCUT2D eigenvalue weighted by atomic mass is 16.5. The predicted octanol–water partition coefficient (Wildman–Crippen LogP) is 4.20. The molecule has 3 rings (SSSR count). The van der Waals surface area contributed by atoms with Crippen LogP contribution >= 0.6 is 0 Å². The van der Waals surface area contributed by atoms with Gasteiger partial charge in [0.2, 0.25) is 11.5 Å². The number of Topliss-reactive ketones (excluding diaryl/α,β-unsaturated/α-hetero) is 1. The van der Waals surface area contributed by atoms with Crippen molar-refractivity contribution in [3.05, 3.63) is 46.7 Å². The molecule has 1 aliphatic rings. The number of ketones is 1. The summed E-state index contributed by atoms with van der Waals surface area (Å²) >= 11 is 0. The second kappa shape index (κ2) is 8.49. The van der Waals surface area contributed by atoms with Gasteiger partial charge in [0.15, 0.2) is 17.3 Å². The Kier molecular flexibility index (Phi) is 6.01. The summed E-state index contributed by atoms with van der Waals surface area (Å²) in [5, 5.41) is 0. The molecule has 0 bridgehead atoms. The van der Waals surface area contributed by atoms with Crippen molar-refractivity contribution in [1.82, 2.24) is 0 Å². The molecule has 0 saturated heterocycles. The fourth-order valence-electron chi connectivity index (χ4n) is 3.15. The van der Waals surface area contributed by atoms with Gasteiger partial charge < -0.3 is 23.7 Å². The van der Waals surface area contributed by atoms with Crippen LogP contribution in [0.5, 0.6) is 28.7 Å². The van der Waals surface area contributed by atoms with Crippen molar-refractivity contribution in [2.75, 3.05) is 21.3 Å². The van der Waals surface area contributed by atoms with E-state index in [1.807, 2.05) is 0 Å². The van der Waals surface area contributed by atoms with Crippen LogP contribution in [0.2, 0.25) is 0 Å². The summed E-state index contributed by atoms with van der Waals surface area (Å²) in [4.78, 5) is 24.8. The summed E-state index contributed by atoms with van der Waals surface area (Å²) in [5.74, 6) is 1.26. The third kappa shape index (κ3) is 3.83. The van der Waals surface area contributed by atoms with E-state index in [-0.39, 0.29) is 23.4 Å². The summed E-state index contributed by atoms with van der Waals surface area (Å²) in [5.41, 5.74) is 1.69. The van der Waals surface area contributed by atoms with Crippen molar-refractivity contribution in [2.45, 2.75) is 20.8 Å². The number of allylic oxidation sites excluding steroid dienone is 1. The van der Waals surface area contributed by atoms with Gasteiger partial charge in [-0.3, -0.25) is 9.59 Å². The Balaban J connectivity index is 1.99. The molecule has 0 aromatic heterocycles. The number of carbonyl (C=O) groups excluding carboxylic acids is 2. The molecule has 0 saturated carbocycles. The first kappa shape index (κ1) is 21.2. The number of carbonyl (C=O) groups is 2. The second-order valence-electron chi connectivity index (χ2n) is 7.05. The number of hydrogen-bond donors (Lipinski definition) is 0. The third-order valence-corrected chi connectivity index (χ3v) is 4.65. The normalized spacial score (nSPS) is 13.8. The van der Waals surface area contributed by atoms with E-state index in [0.29, 0.717) is 45.4 Å². The lowest BCUT2D eigenvalue weighted by molar-refractivity contribution is -0.137. The monoisotopic (exact) mass is 412 g/mol. The van der Waals surface area contributed by atoms with E-state index in [0.717, 1.165) is 0 Å². The Morgan fingerprint density at radius 2 is 1.73 bits per heavy atom. The van der Waals surface area contributed by atoms with E-state index in [9.17, 15) is 9.59 Å². The summed E-state index contributed by atoms with van der Waals surface area (Å²) in [6, 6.07) is 6.66. The van der Waals surface area contributed by atoms with Crippen LogP contribution < -0.4 is 23.7 Å². The first-order valence-electron chi connectivity index (χ1n) is 9.40. The summed E-state index contributed by atoms with van der Waals surface area (Å²) in [7, 11) is 4.54. The molecule has 30 heavy (non-hydrogen) atoms. The molecular weight excluding hydrogens is 388 g/mol. The zero-order chi connectivity index (χ0) is 22.0. The van der Waals surface area contributed by atoms with Crippen molar-refractivity contribution in [1.29, 1.82) is 0 Å². The Morgan fingerprint density at radius 3 is 2.33 bits per heavy atom. The number of benzene rings is 2. The predicted molar refractivity (Wildman–Crippen MR) is 111 cm³/mol. The highest BCUT2D eigenvalue weighted by Crippen LogP contribution is 2.42. The van der Waals surface area contributed by atoms with E-state index in [2.05, 4.69) is 0 Å². The number of fused-ring (bicyclic) bond motifs is 1. The smallest absolute Gasteiger partial charge is 0.313 e. The lowest BCUT2D eigenvalue weighted by atomic mass is 10.0. The van der Waals surface area contributed by atoms with Gasteiger partial charge in [0.25, 0.3) is 0 Å². The van der Waals surface area contributed by atoms with Crippen LogP contribution in [-0.4, -0.2) is 33.1 Å². The largest absolute Gasteiger partial charge is 0.493 e. The summed E-state index contributed by atoms with van der Waals surface area (Å²) < 4.78 is 27.3. The van der Waals surface area contributed by atoms with E-state index < -0.39 is 0 Å². The van der Waals surface area contributed by atoms with Crippen molar-refractivity contribution < 1.29 is 33.3 Å². The number of rotatable bonds is 6. The zero-order valence-electron chi connectivity index (χ0n) is 17.8. The van der Waals surface area contributed by atoms with Crippen LogP contribution in [0.3, 0.4) is 0 Å². The third-order valence-electron chi connectivity index (χ3n) is 4.65. The molecule has 1 aliphatic heterocycles. The molecule has 0 N–H and O–H groups in total. The number of methoxy groups -OCH3 is 3. The number of esters is 1. The summed E-state index contributed by atoms with van der Waals surface area (Å²) in [6.45, 7) is 5.27. The first-order valence-corrected chi connectivity index (χ1v) is 9.40. The first-order chi connectivity index (χ1) is 14.3. The molecule has 7 heteroatoms. The topological polar surface area (TPSA) is 80.3 Å². The minimum atomic E-state index is -0.357. The Morgan fingerprint density at radius 1 is 1.03 bits per heavy atom. The quantitative estimate of drug-likeness (QED) is 0.400. The van der Waals surface area contributed by atoms with Gasteiger partial charge in [0.05, 0.1) is 32.8 Å². The maximum absolute atomic E-state index is 12.9. The van der Waals surface area contributed by atoms with Gasteiger partial charge in [-0.1, -0.05) is 13.8 Å². The molecule has 0 atom stereocenters. The van der Waals surface area contributed by atoms with Crippen LogP contribution in [0.15, 0.2) is 30.0 Å². The van der Waals surface area contributed by atoms with Crippen molar-refractivity contribution in [2.24, 2.45) is 5.92 Å². The van der Waals surface area contributed by atoms with E-state index >= 15 is 0 Å². The van der Waals surface area contributed by atoms with Gasteiger partial charge in [0.1, 0.15) is 11.5 Å². The molecule has 0 aliphatic carbocycles. The standard InChI is InChI=1S/C23H24O7/c1-12(2)23(25)29-15-9-13(3)19-17(11-15)30-18(20(19)24)10-14-7-8-16(26-4)22(28-6)21(14)27-5/h7-12H,1-6H3/b18-10-. The summed E-state index contributed by atoms with van der Waals surface area (Å²) in [6.07, 6.45) is 1.59. The van der Waals surface area contributed by atoms with Crippen LogP contribution in [0, 0.1) is 12.8 Å². The fraction of sp³-hybridized carbons (Fsp3) is 0.304. The molecule has 2 aromatic carbocycles. The fourth-order valence-corrected chi connectivity index (χ4v) is 3.15. The number of aryl methyl sites for hydroxylation is 1. The molecule has 1 heterocycles. The van der Waals surface area contributed by atoms with Gasteiger partial charge in [-0.05, 0) is 36.8 Å². The highest BCUT2D eigenvalue weighted by molar-refractivity contribution is 6.15. The molecule has 158 valence electrons. The molecule has 7 nitrogen and oxygen atoms in total. The Labute approximate surface area is 175 Å². The maximum Gasteiger partial charge on any atom is 0.313 e. The van der Waals surface area contributed by atoms with Gasteiger partial charge in [-0.15, -0.1) is 0 Å². The van der Waals surface area contributed by atoms with Gasteiger partial charge >= 0.3 is 5.97 Å². The minimum absolute atomic E-state index is 0.131. The van der Waals surface area contributed by atoms with E-state index in [4.69, 9.17) is 23.7 Å². The molecule has 0 unspecified atom stereocenters. The average molecular weight is 412 g/mol. The number of hydrogen-bond acceptors (Lipinski definition) is 7. The van der Waals surface area contributed by atoms with Gasteiger partial charge in [-0.2, -0.15) is 0 Å². The molecule has 0 radical (unpaired) electrons. The lowest BCUT2D eigenvalue weighted by Crippen LogP contribution is -2.14. The van der Waals surface area contributed by atoms with Gasteiger partial charge in [-0.25, -0.2) is 0 Å². The van der Waals surface area contributed by atoms with Crippen LogP contribution in [0.1, 0.15) is 35.3 Å². The maximum atomic E-state index is 12.9. The second-order valence-corrected chi connectivity index (χ2v) is 7.05. The van der Waals surface area contributed by atoms with Crippen molar-refractivity contribution in [3.8, 4) is 28.7 Å².